The second kappa shape index (κ2) is 6.31. The van der Waals surface area contributed by atoms with Gasteiger partial charge in [0.2, 0.25) is 0 Å². The molecule has 5 heteroatoms. The van der Waals surface area contributed by atoms with Crippen molar-refractivity contribution in [1.29, 1.82) is 0 Å². The van der Waals surface area contributed by atoms with Crippen LogP contribution in [-0.4, -0.2) is 39.3 Å². The van der Waals surface area contributed by atoms with Crippen molar-refractivity contribution in [3.05, 3.63) is 22.4 Å². The molecule has 1 aromatic heterocycles. The van der Waals surface area contributed by atoms with Crippen LogP contribution in [-0.2, 0) is 4.74 Å². The van der Waals surface area contributed by atoms with Crippen LogP contribution in [0.15, 0.2) is 17.5 Å². The van der Waals surface area contributed by atoms with E-state index in [1.54, 1.807) is 7.11 Å². The molecule has 1 amide bonds. The summed E-state index contributed by atoms with van der Waals surface area (Å²) in [5, 5.41) is 8.31. The molecule has 1 aromatic rings. The minimum absolute atomic E-state index is 0.0269. The first-order chi connectivity index (χ1) is 8.76. The average Bonchev–Trinajstić information content (AvgIpc) is 2.91. The van der Waals surface area contributed by atoms with Crippen LogP contribution < -0.4 is 10.6 Å². The molecule has 1 saturated heterocycles. The summed E-state index contributed by atoms with van der Waals surface area (Å²) in [6.45, 7) is 3.40. The first-order valence-electron chi connectivity index (χ1n) is 6.27. The molecular weight excluding hydrogens is 248 g/mol. The maximum Gasteiger partial charge on any atom is 0.261 e. The number of ether oxygens (including phenoxy) is 1. The molecule has 2 rings (SSSR count). The van der Waals surface area contributed by atoms with Gasteiger partial charge >= 0.3 is 0 Å². The van der Waals surface area contributed by atoms with E-state index in [1.165, 1.54) is 11.3 Å². The van der Waals surface area contributed by atoms with Gasteiger partial charge in [-0.3, -0.25) is 4.79 Å². The van der Waals surface area contributed by atoms with Gasteiger partial charge in [0, 0.05) is 19.1 Å². The first-order valence-corrected chi connectivity index (χ1v) is 7.15. The lowest BCUT2D eigenvalue weighted by molar-refractivity contribution is 0.0512. The second-order valence-corrected chi connectivity index (χ2v) is 5.79. The molecule has 18 heavy (non-hydrogen) atoms. The van der Waals surface area contributed by atoms with Crippen LogP contribution in [0.25, 0.3) is 0 Å². The molecule has 0 saturated carbocycles. The molecule has 1 fully saturated rings. The minimum atomic E-state index is 0.0269. The molecule has 2 N–H and O–H groups in total. The Labute approximate surface area is 112 Å². The van der Waals surface area contributed by atoms with Gasteiger partial charge in [-0.2, -0.15) is 0 Å². The summed E-state index contributed by atoms with van der Waals surface area (Å²) in [5.41, 5.74) is 0.0902. The van der Waals surface area contributed by atoms with Crippen molar-refractivity contribution in [2.75, 3.05) is 33.4 Å². The van der Waals surface area contributed by atoms with Gasteiger partial charge in [-0.1, -0.05) is 6.07 Å². The van der Waals surface area contributed by atoms with E-state index in [2.05, 4.69) is 10.6 Å². The number of carbonyl (C=O) groups is 1. The first kappa shape index (κ1) is 13.5. The summed E-state index contributed by atoms with van der Waals surface area (Å²) < 4.78 is 5.33. The molecule has 0 aromatic carbocycles. The van der Waals surface area contributed by atoms with E-state index in [-0.39, 0.29) is 11.3 Å². The van der Waals surface area contributed by atoms with Gasteiger partial charge in [-0.25, -0.2) is 0 Å². The molecule has 4 nitrogen and oxygen atoms in total. The van der Waals surface area contributed by atoms with E-state index >= 15 is 0 Å². The lowest BCUT2D eigenvalue weighted by Gasteiger charge is -2.37. The largest absolute Gasteiger partial charge is 0.384 e. The van der Waals surface area contributed by atoms with Crippen molar-refractivity contribution < 1.29 is 9.53 Å². The van der Waals surface area contributed by atoms with Gasteiger partial charge in [-0.15, -0.1) is 11.3 Å². The van der Waals surface area contributed by atoms with Crippen LogP contribution in [0.1, 0.15) is 22.5 Å². The van der Waals surface area contributed by atoms with Gasteiger partial charge in [-0.05, 0) is 37.4 Å². The predicted octanol–water partition coefficient (Wildman–Crippen LogP) is 1.49. The van der Waals surface area contributed by atoms with E-state index in [0.717, 1.165) is 30.8 Å². The molecule has 0 radical (unpaired) electrons. The fraction of sp³-hybridized carbons (Fsp3) is 0.615. The zero-order valence-electron chi connectivity index (χ0n) is 10.7. The van der Waals surface area contributed by atoms with Crippen LogP contribution in [0, 0.1) is 5.41 Å². The van der Waals surface area contributed by atoms with Crippen molar-refractivity contribution in [2.24, 2.45) is 5.41 Å². The summed E-state index contributed by atoms with van der Waals surface area (Å²) in [4.78, 5) is 12.7. The number of rotatable bonds is 5. The van der Waals surface area contributed by atoms with Gasteiger partial charge in [0.25, 0.3) is 5.91 Å². The number of hydrogen-bond acceptors (Lipinski definition) is 4. The third-order valence-electron chi connectivity index (χ3n) is 3.48. The molecule has 2 heterocycles. The van der Waals surface area contributed by atoms with E-state index in [9.17, 15) is 4.79 Å². The molecule has 1 aliphatic rings. The topological polar surface area (TPSA) is 50.4 Å². The highest BCUT2D eigenvalue weighted by atomic mass is 32.1. The molecule has 0 spiro atoms. The van der Waals surface area contributed by atoms with Crippen molar-refractivity contribution >= 4 is 17.2 Å². The zero-order valence-corrected chi connectivity index (χ0v) is 11.5. The number of hydrogen-bond donors (Lipinski definition) is 2. The van der Waals surface area contributed by atoms with Crippen LogP contribution >= 0.6 is 11.3 Å². The molecular formula is C13H20N2O2S. The second-order valence-electron chi connectivity index (χ2n) is 4.84. The van der Waals surface area contributed by atoms with Gasteiger partial charge in [0.05, 0.1) is 11.5 Å². The van der Waals surface area contributed by atoms with Gasteiger partial charge in [0.1, 0.15) is 0 Å². The van der Waals surface area contributed by atoms with Crippen LogP contribution in [0.2, 0.25) is 0 Å². The Hall–Kier alpha value is -0.910. The van der Waals surface area contributed by atoms with Crippen molar-refractivity contribution in [3.63, 3.8) is 0 Å². The Kier molecular flexibility index (Phi) is 4.74. The monoisotopic (exact) mass is 268 g/mol. The number of piperidine rings is 1. The van der Waals surface area contributed by atoms with Crippen molar-refractivity contribution in [2.45, 2.75) is 12.8 Å². The van der Waals surface area contributed by atoms with Crippen LogP contribution in [0.4, 0.5) is 0 Å². The third kappa shape index (κ3) is 3.31. The number of thiophene rings is 1. The van der Waals surface area contributed by atoms with Crippen LogP contribution in [0.5, 0.6) is 0 Å². The lowest BCUT2D eigenvalue weighted by Crippen LogP contribution is -2.47. The van der Waals surface area contributed by atoms with E-state index in [4.69, 9.17) is 4.74 Å². The number of carbonyl (C=O) groups excluding carboxylic acids is 1. The van der Waals surface area contributed by atoms with E-state index in [1.807, 2.05) is 17.5 Å². The summed E-state index contributed by atoms with van der Waals surface area (Å²) in [5.74, 6) is 0.0269. The predicted molar refractivity (Wildman–Crippen MR) is 73.1 cm³/mol. The summed E-state index contributed by atoms with van der Waals surface area (Å²) in [7, 11) is 1.73. The van der Waals surface area contributed by atoms with Gasteiger partial charge < -0.3 is 15.4 Å². The Balaban J connectivity index is 1.91. The Morgan fingerprint density at radius 3 is 2.94 bits per heavy atom. The third-order valence-corrected chi connectivity index (χ3v) is 4.35. The molecule has 100 valence electrons. The number of amides is 1. The quantitative estimate of drug-likeness (QED) is 0.851. The van der Waals surface area contributed by atoms with E-state index < -0.39 is 0 Å². The highest BCUT2D eigenvalue weighted by Gasteiger charge is 2.32. The Morgan fingerprint density at radius 1 is 1.56 bits per heavy atom. The Morgan fingerprint density at radius 2 is 2.33 bits per heavy atom. The molecule has 0 aliphatic carbocycles. The molecule has 0 unspecified atom stereocenters. The fourth-order valence-corrected chi connectivity index (χ4v) is 3.04. The highest BCUT2D eigenvalue weighted by Crippen LogP contribution is 2.28. The van der Waals surface area contributed by atoms with Crippen molar-refractivity contribution in [1.82, 2.24) is 10.6 Å². The average molecular weight is 268 g/mol. The molecule has 0 atom stereocenters. The normalized spacial score (nSPS) is 18.5. The maximum absolute atomic E-state index is 11.9. The van der Waals surface area contributed by atoms with Crippen LogP contribution in [0.3, 0.4) is 0 Å². The summed E-state index contributed by atoms with van der Waals surface area (Å²) in [6, 6.07) is 3.75. The highest BCUT2D eigenvalue weighted by molar-refractivity contribution is 7.12. The minimum Gasteiger partial charge on any atom is -0.384 e. The van der Waals surface area contributed by atoms with E-state index in [0.29, 0.717) is 13.2 Å². The summed E-state index contributed by atoms with van der Waals surface area (Å²) >= 11 is 1.47. The fourth-order valence-electron chi connectivity index (χ4n) is 2.40. The molecule has 0 bridgehead atoms. The maximum atomic E-state index is 11.9. The Bertz CT molecular complexity index is 367. The number of nitrogens with one attached hydrogen (secondary N) is 2. The lowest BCUT2D eigenvalue weighted by atomic mass is 9.79. The summed E-state index contributed by atoms with van der Waals surface area (Å²) in [6.07, 6.45) is 2.09. The number of methoxy groups -OCH3 is 1. The standard InChI is InChI=1S/C13H20N2O2S/c1-17-10-13(4-6-14-7-5-13)9-15-12(16)11-3-2-8-18-11/h2-3,8,14H,4-7,9-10H2,1H3,(H,15,16). The SMILES string of the molecule is COCC1(CNC(=O)c2cccs2)CCNCC1. The zero-order chi connectivity index (χ0) is 12.8. The smallest absolute Gasteiger partial charge is 0.261 e. The molecule has 1 aliphatic heterocycles. The van der Waals surface area contributed by atoms with Crippen molar-refractivity contribution in [3.8, 4) is 0 Å². The van der Waals surface area contributed by atoms with Gasteiger partial charge in [0.15, 0.2) is 0 Å².